The predicted octanol–water partition coefficient (Wildman–Crippen LogP) is 10.6. The highest BCUT2D eigenvalue weighted by Crippen LogP contribution is 2.40. The van der Waals surface area contributed by atoms with Crippen molar-refractivity contribution in [3.63, 3.8) is 0 Å². The zero-order valence-corrected chi connectivity index (χ0v) is 31.2. The van der Waals surface area contributed by atoms with Gasteiger partial charge in [0.2, 0.25) is 5.91 Å². The second-order valence-electron chi connectivity index (χ2n) is 14.1. The van der Waals surface area contributed by atoms with Crippen molar-refractivity contribution in [3.05, 3.63) is 108 Å². The Bertz CT molecular complexity index is 1780. The maximum atomic E-state index is 12.7. The smallest absolute Gasteiger partial charge is 0.223 e. The molecular weight excluding hydrogens is 637 g/mol. The minimum Gasteiger partial charge on any atom is -0.487 e. The first-order valence-electron chi connectivity index (χ1n) is 18.4. The van der Waals surface area contributed by atoms with E-state index in [1.165, 1.54) is 61.8 Å². The maximum Gasteiger partial charge on any atom is 0.223 e. The van der Waals surface area contributed by atoms with E-state index in [2.05, 4.69) is 70.8 Å². The van der Waals surface area contributed by atoms with E-state index >= 15 is 0 Å². The summed E-state index contributed by atoms with van der Waals surface area (Å²) >= 11 is 1.92. The van der Waals surface area contributed by atoms with E-state index in [1.807, 2.05) is 68.2 Å². The molecule has 264 valence electrons. The third kappa shape index (κ3) is 10.00. The normalized spacial score (nSPS) is 11.8. The zero-order valence-electron chi connectivity index (χ0n) is 30.4. The van der Waals surface area contributed by atoms with Crippen molar-refractivity contribution in [1.82, 2.24) is 14.5 Å². The number of rotatable bonds is 20. The number of amides is 1. The summed E-state index contributed by atoms with van der Waals surface area (Å²) in [6.45, 7) is 9.58. The topological polar surface area (TPSA) is 83.0 Å². The van der Waals surface area contributed by atoms with E-state index in [0.717, 1.165) is 51.0 Å². The number of carbonyl (C=O) groups is 1. The Kier molecular flexibility index (Phi) is 13.5. The molecule has 0 unspecified atom stereocenters. The molecule has 5 rings (SSSR count). The van der Waals surface area contributed by atoms with E-state index in [4.69, 9.17) is 10.5 Å². The van der Waals surface area contributed by atoms with Gasteiger partial charge < -0.3 is 15.0 Å². The van der Waals surface area contributed by atoms with Gasteiger partial charge in [0, 0.05) is 57.8 Å². The minimum atomic E-state index is -0.714. The van der Waals surface area contributed by atoms with E-state index in [-0.39, 0.29) is 5.91 Å². The van der Waals surface area contributed by atoms with Crippen LogP contribution in [0, 0.1) is 11.3 Å². The second-order valence-corrected chi connectivity index (χ2v) is 15.2. The summed E-state index contributed by atoms with van der Waals surface area (Å²) < 4.78 is 8.68. The molecule has 0 atom stereocenters. The van der Waals surface area contributed by atoms with Gasteiger partial charge in [0.15, 0.2) is 0 Å². The highest BCUT2D eigenvalue weighted by atomic mass is 32.2. The van der Waals surface area contributed by atoms with Crippen molar-refractivity contribution in [2.24, 2.45) is 17.1 Å². The van der Waals surface area contributed by atoms with Gasteiger partial charge in [-0.3, -0.25) is 14.8 Å². The van der Waals surface area contributed by atoms with E-state index in [9.17, 15) is 4.79 Å². The Morgan fingerprint density at radius 3 is 2.22 bits per heavy atom. The van der Waals surface area contributed by atoms with Crippen molar-refractivity contribution < 1.29 is 9.53 Å². The van der Waals surface area contributed by atoms with Crippen molar-refractivity contribution in [1.29, 1.82) is 0 Å². The third-order valence-electron chi connectivity index (χ3n) is 9.67. The average Bonchev–Trinajstić information content (AvgIpc) is 3.40. The predicted molar refractivity (Wildman–Crippen MR) is 208 cm³/mol. The standard InChI is InChI=1S/C43H54N4O2S/c1-5-7-14-32(15-8-6-2)16-13-27-50-41-37-28-36(49-31-35-17-9-11-25-45-35)23-24-39(37)47(40(41)29-43(3,4)42(44)48)30-33-19-21-34(22-20-33)38-18-10-12-26-46-38/h9-12,17-26,28,32H,5-8,13-16,27,29-31H2,1-4H3,(H2,44,48). The Morgan fingerprint density at radius 1 is 0.880 bits per heavy atom. The number of fused-ring (bicyclic) bond motifs is 1. The fourth-order valence-electron chi connectivity index (χ4n) is 6.57. The molecule has 0 radical (unpaired) electrons. The number of thioether (sulfide) groups is 1. The van der Waals surface area contributed by atoms with Gasteiger partial charge in [0.05, 0.1) is 11.4 Å². The molecule has 0 aliphatic carbocycles. The number of primary amides is 1. The number of hydrogen-bond donors (Lipinski definition) is 1. The maximum absolute atomic E-state index is 12.7. The molecule has 0 fully saturated rings. The first-order valence-corrected chi connectivity index (χ1v) is 19.4. The lowest BCUT2D eigenvalue weighted by atomic mass is 9.87. The number of nitrogens with zero attached hydrogens (tertiary/aromatic N) is 3. The highest BCUT2D eigenvalue weighted by Gasteiger charge is 2.30. The van der Waals surface area contributed by atoms with Crippen molar-refractivity contribution in [3.8, 4) is 17.0 Å². The van der Waals surface area contributed by atoms with Crippen molar-refractivity contribution in [2.75, 3.05) is 5.75 Å². The Hall–Kier alpha value is -4.10. The number of ether oxygens (including phenoxy) is 1. The molecule has 0 saturated heterocycles. The molecule has 7 heteroatoms. The van der Waals surface area contributed by atoms with Gasteiger partial charge in [-0.05, 0) is 72.5 Å². The van der Waals surface area contributed by atoms with Crippen LogP contribution in [0.25, 0.3) is 22.2 Å². The Morgan fingerprint density at radius 2 is 1.58 bits per heavy atom. The van der Waals surface area contributed by atoms with Gasteiger partial charge in [-0.2, -0.15) is 0 Å². The van der Waals surface area contributed by atoms with Crippen LogP contribution < -0.4 is 10.5 Å². The fraction of sp³-hybridized carbons (Fsp3) is 0.419. The SMILES string of the molecule is CCCCC(CCCC)CCCSc1c(CC(C)(C)C(N)=O)n(Cc2ccc(-c3ccccn3)cc2)c2ccc(OCc3ccccn3)cc12. The summed E-state index contributed by atoms with van der Waals surface area (Å²) in [5.41, 5.74) is 11.7. The molecule has 3 aromatic heterocycles. The molecule has 0 aliphatic rings. The summed E-state index contributed by atoms with van der Waals surface area (Å²) in [5.74, 6) is 2.34. The number of hydrogen-bond acceptors (Lipinski definition) is 5. The first kappa shape index (κ1) is 37.2. The number of aromatic nitrogens is 3. The van der Waals surface area contributed by atoms with Gasteiger partial charge >= 0.3 is 0 Å². The Balaban J connectivity index is 1.50. The lowest BCUT2D eigenvalue weighted by Crippen LogP contribution is -2.34. The van der Waals surface area contributed by atoms with Crippen LogP contribution >= 0.6 is 11.8 Å². The average molecular weight is 691 g/mol. The molecule has 3 heterocycles. The molecular formula is C43H54N4O2S. The zero-order chi connectivity index (χ0) is 35.3. The summed E-state index contributed by atoms with van der Waals surface area (Å²) in [4.78, 5) is 22.9. The van der Waals surface area contributed by atoms with Crippen LogP contribution in [0.5, 0.6) is 5.75 Å². The molecule has 0 bridgehead atoms. The summed E-state index contributed by atoms with van der Waals surface area (Å²) in [7, 11) is 0. The summed E-state index contributed by atoms with van der Waals surface area (Å²) in [6, 6.07) is 26.9. The van der Waals surface area contributed by atoms with E-state index < -0.39 is 5.41 Å². The molecule has 5 aromatic rings. The molecule has 6 nitrogen and oxygen atoms in total. The number of carbonyl (C=O) groups excluding carboxylic acids is 1. The van der Waals surface area contributed by atoms with Crippen LogP contribution in [0.2, 0.25) is 0 Å². The fourth-order valence-corrected chi connectivity index (χ4v) is 7.75. The van der Waals surface area contributed by atoms with E-state index in [1.54, 1.807) is 6.20 Å². The van der Waals surface area contributed by atoms with Gasteiger partial charge in [0.1, 0.15) is 12.4 Å². The van der Waals surface area contributed by atoms with Crippen LogP contribution in [-0.4, -0.2) is 26.2 Å². The molecule has 1 amide bonds. The lowest BCUT2D eigenvalue weighted by molar-refractivity contribution is -0.126. The second kappa shape index (κ2) is 18.2. The number of nitrogens with two attached hydrogens (primary N) is 1. The van der Waals surface area contributed by atoms with Gasteiger partial charge in [0.25, 0.3) is 0 Å². The number of pyridine rings is 2. The quantitative estimate of drug-likeness (QED) is 0.0649. The van der Waals surface area contributed by atoms with Crippen LogP contribution in [-0.2, 0) is 24.4 Å². The summed E-state index contributed by atoms with van der Waals surface area (Å²) in [5, 5.41) is 1.16. The van der Waals surface area contributed by atoms with Crippen LogP contribution in [0.15, 0.2) is 96.2 Å². The van der Waals surface area contributed by atoms with Crippen molar-refractivity contribution >= 4 is 28.6 Å². The molecule has 2 N–H and O–H groups in total. The van der Waals surface area contributed by atoms with Gasteiger partial charge in [-0.15, -0.1) is 11.8 Å². The molecule has 0 spiro atoms. The van der Waals surface area contributed by atoms with Crippen LogP contribution in [0.3, 0.4) is 0 Å². The van der Waals surface area contributed by atoms with Crippen molar-refractivity contribution in [2.45, 2.75) is 104 Å². The number of benzene rings is 2. The third-order valence-corrected chi connectivity index (χ3v) is 10.9. The van der Waals surface area contributed by atoms with Crippen LogP contribution in [0.4, 0.5) is 0 Å². The summed E-state index contributed by atoms with van der Waals surface area (Å²) in [6.07, 6.45) is 14.4. The minimum absolute atomic E-state index is 0.293. The van der Waals surface area contributed by atoms with E-state index in [0.29, 0.717) is 19.6 Å². The number of unbranched alkanes of at least 4 members (excludes halogenated alkanes) is 2. The monoisotopic (exact) mass is 690 g/mol. The first-order chi connectivity index (χ1) is 24.3. The Labute approximate surface area is 303 Å². The molecule has 0 saturated carbocycles. The van der Waals surface area contributed by atoms with Crippen LogP contribution in [0.1, 0.15) is 96.0 Å². The highest BCUT2D eigenvalue weighted by molar-refractivity contribution is 7.99. The largest absolute Gasteiger partial charge is 0.487 e. The lowest BCUT2D eigenvalue weighted by Gasteiger charge is -2.23. The van der Waals surface area contributed by atoms with Gasteiger partial charge in [-0.1, -0.05) is 103 Å². The molecule has 2 aromatic carbocycles. The van der Waals surface area contributed by atoms with Gasteiger partial charge in [-0.25, -0.2) is 0 Å². The molecule has 50 heavy (non-hydrogen) atoms. The molecule has 0 aliphatic heterocycles.